The average Bonchev–Trinajstić information content (AvgIpc) is 2.60. The number of rotatable bonds is 9. The molecule has 1 aromatic carbocycles. The first-order valence-electron chi connectivity index (χ1n) is 8.33. The number of nitrogens with zero attached hydrogens (tertiary/aromatic N) is 2. The third kappa shape index (κ3) is 6.05. The fourth-order valence-electron chi connectivity index (χ4n) is 2.10. The number of quaternary nitrogens is 1. The molecule has 1 rings (SSSR count). The van der Waals surface area contributed by atoms with Crippen LogP contribution in [0.25, 0.3) is 6.08 Å². The molecule has 0 N–H and O–H groups in total. The second kappa shape index (κ2) is 9.74. The number of carbonyl (C=O) groups is 1. The highest BCUT2D eigenvalue weighted by Gasteiger charge is 2.15. The minimum Gasteiger partial charge on any atom is -0.488 e. The van der Waals surface area contributed by atoms with Crippen molar-refractivity contribution in [2.24, 2.45) is 0 Å². The molecule has 5 nitrogen and oxygen atoms in total. The van der Waals surface area contributed by atoms with Crippen LogP contribution in [0.2, 0.25) is 0 Å². The van der Waals surface area contributed by atoms with Crippen molar-refractivity contribution in [1.29, 1.82) is 5.26 Å². The lowest BCUT2D eigenvalue weighted by Crippen LogP contribution is -2.46. The summed E-state index contributed by atoms with van der Waals surface area (Å²) in [5, 5.41) is 9.03. The molecule has 0 spiro atoms. The smallest absolute Gasteiger partial charge is 0.348 e. The molecule has 0 bridgehead atoms. The van der Waals surface area contributed by atoms with E-state index in [9.17, 15) is 4.79 Å². The highest BCUT2D eigenvalue weighted by atomic mass is 16.5. The van der Waals surface area contributed by atoms with Crippen LogP contribution in [0.4, 0.5) is 0 Å². The van der Waals surface area contributed by atoms with E-state index in [1.54, 1.807) is 6.92 Å². The molecule has 0 fully saturated rings. The Balaban J connectivity index is 2.66. The molecule has 0 heterocycles. The van der Waals surface area contributed by atoms with E-state index >= 15 is 0 Å². The summed E-state index contributed by atoms with van der Waals surface area (Å²) < 4.78 is 11.6. The van der Waals surface area contributed by atoms with Gasteiger partial charge < -0.3 is 14.0 Å². The molecule has 0 aliphatic rings. The largest absolute Gasteiger partial charge is 0.488 e. The van der Waals surface area contributed by atoms with Gasteiger partial charge in [-0.25, -0.2) is 4.79 Å². The Morgan fingerprint density at radius 1 is 1.21 bits per heavy atom. The number of hydrogen-bond acceptors (Lipinski definition) is 4. The fourth-order valence-corrected chi connectivity index (χ4v) is 2.10. The molecule has 5 heteroatoms. The predicted molar refractivity (Wildman–Crippen MR) is 94.3 cm³/mol. The van der Waals surface area contributed by atoms with Crippen LogP contribution in [0.1, 0.15) is 26.3 Å². The van der Waals surface area contributed by atoms with Crippen LogP contribution in [-0.2, 0) is 9.53 Å². The summed E-state index contributed by atoms with van der Waals surface area (Å²) >= 11 is 0. The maximum absolute atomic E-state index is 11.6. The molecule has 0 aromatic heterocycles. The molecule has 24 heavy (non-hydrogen) atoms. The summed E-state index contributed by atoms with van der Waals surface area (Å²) in [4.78, 5) is 11.6. The highest BCUT2D eigenvalue weighted by molar-refractivity contribution is 5.97. The zero-order valence-corrected chi connectivity index (χ0v) is 15.0. The number of carbonyl (C=O) groups excluding carboxylic acids is 1. The summed E-state index contributed by atoms with van der Waals surface area (Å²) in [5.41, 5.74) is 0.749. The Labute approximate surface area is 144 Å². The first kappa shape index (κ1) is 19.7. The summed E-state index contributed by atoms with van der Waals surface area (Å²) in [6, 6.07) is 9.19. The van der Waals surface area contributed by atoms with Gasteiger partial charge in [-0.15, -0.1) is 0 Å². The van der Waals surface area contributed by atoms with Crippen molar-refractivity contribution in [3.8, 4) is 11.8 Å². The van der Waals surface area contributed by atoms with Crippen LogP contribution >= 0.6 is 0 Å². The number of esters is 1. The lowest BCUT2D eigenvalue weighted by molar-refractivity contribution is -0.906. The summed E-state index contributed by atoms with van der Waals surface area (Å²) in [6.45, 7) is 10.1. The maximum Gasteiger partial charge on any atom is 0.348 e. The van der Waals surface area contributed by atoms with Crippen molar-refractivity contribution in [3.63, 3.8) is 0 Å². The van der Waals surface area contributed by atoms with E-state index in [1.807, 2.05) is 30.3 Å². The molecule has 0 radical (unpaired) electrons. The van der Waals surface area contributed by atoms with Gasteiger partial charge in [-0.2, -0.15) is 5.26 Å². The molecule has 0 aliphatic heterocycles. The summed E-state index contributed by atoms with van der Waals surface area (Å²) in [6.07, 6.45) is 1.52. The number of benzene rings is 1. The van der Waals surface area contributed by atoms with Gasteiger partial charge in [0.1, 0.15) is 30.5 Å². The zero-order valence-electron chi connectivity index (χ0n) is 15.0. The van der Waals surface area contributed by atoms with Gasteiger partial charge in [-0.1, -0.05) is 12.1 Å². The zero-order chi connectivity index (χ0) is 18.0. The molecule has 130 valence electrons. The summed E-state index contributed by atoms with van der Waals surface area (Å²) in [5.74, 6) is 0.178. The lowest BCUT2D eigenvalue weighted by Gasteiger charge is -2.31. The highest BCUT2D eigenvalue weighted by Crippen LogP contribution is 2.15. The molecule has 0 atom stereocenters. The van der Waals surface area contributed by atoms with Crippen molar-refractivity contribution in [3.05, 3.63) is 35.4 Å². The monoisotopic (exact) mass is 331 g/mol. The number of ether oxygens (including phenoxy) is 2. The van der Waals surface area contributed by atoms with Gasteiger partial charge in [0.25, 0.3) is 0 Å². The van der Waals surface area contributed by atoms with Crippen molar-refractivity contribution in [1.82, 2.24) is 0 Å². The molecule has 1 aromatic rings. The van der Waals surface area contributed by atoms with Crippen molar-refractivity contribution in [2.75, 3.05) is 39.9 Å². The molecule has 0 saturated carbocycles. The molecular formula is C19H27N2O3+. The second-order valence-electron chi connectivity index (χ2n) is 5.78. The Morgan fingerprint density at radius 2 is 1.83 bits per heavy atom. The van der Waals surface area contributed by atoms with Crippen LogP contribution < -0.4 is 4.74 Å². The minimum atomic E-state index is -0.600. The Hall–Kier alpha value is -2.32. The molecule has 0 aliphatic carbocycles. The minimum absolute atomic E-state index is 0.00974. The van der Waals surface area contributed by atoms with Gasteiger partial charge >= 0.3 is 5.97 Å². The SMILES string of the molecule is CCOC(=O)/C(C#N)=C\c1ccc(OCC[N+](C)(CC)CC)cc1. The van der Waals surface area contributed by atoms with Gasteiger partial charge in [0, 0.05) is 0 Å². The van der Waals surface area contributed by atoms with Crippen molar-refractivity contribution < 1.29 is 18.8 Å². The number of nitriles is 1. The topological polar surface area (TPSA) is 59.3 Å². The van der Waals surface area contributed by atoms with Gasteiger partial charge in [0.05, 0.1) is 26.7 Å². The normalized spacial score (nSPS) is 11.7. The van der Waals surface area contributed by atoms with Crippen LogP contribution in [0, 0.1) is 11.3 Å². The van der Waals surface area contributed by atoms with Crippen molar-refractivity contribution in [2.45, 2.75) is 20.8 Å². The Kier molecular flexibility index (Phi) is 8.00. The van der Waals surface area contributed by atoms with Crippen LogP contribution in [0.5, 0.6) is 5.75 Å². The van der Waals surface area contributed by atoms with Gasteiger partial charge in [0.15, 0.2) is 0 Å². The number of hydrogen-bond donors (Lipinski definition) is 0. The van der Waals surface area contributed by atoms with Gasteiger partial charge in [0.2, 0.25) is 0 Å². The standard InChI is InChI=1S/C19H27N2O3/c1-5-21(4,6-2)12-13-24-18-10-8-16(9-11-18)14-17(15-20)19(22)23-7-3/h8-11,14H,5-7,12-13H2,1-4H3/q+1/b17-14-. The lowest BCUT2D eigenvalue weighted by atomic mass is 10.1. The third-order valence-electron chi connectivity index (χ3n) is 4.23. The van der Waals surface area contributed by atoms with Gasteiger partial charge in [-0.3, -0.25) is 0 Å². The van der Waals surface area contributed by atoms with E-state index < -0.39 is 5.97 Å². The predicted octanol–water partition coefficient (Wildman–Crippen LogP) is 3.02. The van der Waals surface area contributed by atoms with E-state index in [0.29, 0.717) is 6.61 Å². The van der Waals surface area contributed by atoms with E-state index in [0.717, 1.165) is 35.4 Å². The number of likely N-dealkylation sites (N-methyl/N-ethyl adjacent to an activating group) is 1. The summed E-state index contributed by atoms with van der Waals surface area (Å²) in [7, 11) is 2.22. The van der Waals surface area contributed by atoms with Gasteiger partial charge in [-0.05, 0) is 44.5 Å². The van der Waals surface area contributed by atoms with Crippen molar-refractivity contribution >= 4 is 12.0 Å². The third-order valence-corrected chi connectivity index (χ3v) is 4.23. The van der Waals surface area contributed by atoms with E-state index in [4.69, 9.17) is 14.7 Å². The fraction of sp³-hybridized carbons (Fsp3) is 0.474. The van der Waals surface area contributed by atoms with Crippen LogP contribution in [-0.4, -0.2) is 50.3 Å². The van der Waals surface area contributed by atoms with Crippen LogP contribution in [0.3, 0.4) is 0 Å². The van der Waals surface area contributed by atoms with E-state index in [2.05, 4.69) is 20.9 Å². The van der Waals surface area contributed by atoms with E-state index in [-0.39, 0.29) is 12.2 Å². The molecular weight excluding hydrogens is 304 g/mol. The molecule has 0 saturated heterocycles. The quantitative estimate of drug-likeness (QED) is 0.302. The second-order valence-corrected chi connectivity index (χ2v) is 5.78. The average molecular weight is 331 g/mol. The van der Waals surface area contributed by atoms with Crippen LogP contribution in [0.15, 0.2) is 29.8 Å². The first-order chi connectivity index (χ1) is 11.5. The molecule has 0 amide bonds. The Morgan fingerprint density at radius 3 is 2.33 bits per heavy atom. The maximum atomic E-state index is 11.6. The molecule has 0 unspecified atom stereocenters. The first-order valence-corrected chi connectivity index (χ1v) is 8.33. The Bertz CT molecular complexity index is 596. The van der Waals surface area contributed by atoms with E-state index in [1.165, 1.54) is 6.08 Å².